The van der Waals surface area contributed by atoms with Crippen molar-refractivity contribution in [1.82, 2.24) is 28.7 Å². The van der Waals surface area contributed by atoms with Crippen LogP contribution in [-0.4, -0.2) is 28.7 Å². The minimum absolute atomic E-state index is 0.00370. The van der Waals surface area contributed by atoms with E-state index in [-0.39, 0.29) is 21.7 Å². The van der Waals surface area contributed by atoms with Gasteiger partial charge in [-0.2, -0.15) is 9.97 Å². The Kier molecular flexibility index (Phi) is 10.8. The summed E-state index contributed by atoms with van der Waals surface area (Å²) in [5.74, 6) is 1.83. The van der Waals surface area contributed by atoms with Gasteiger partial charge in [-0.3, -0.25) is 4.57 Å². The van der Waals surface area contributed by atoms with E-state index in [1.807, 2.05) is 0 Å². The molecule has 12 aromatic rings. The van der Waals surface area contributed by atoms with Crippen LogP contribution in [0.2, 0.25) is 0 Å². The predicted octanol–water partition coefficient (Wildman–Crippen LogP) is 18.3. The SMILES string of the molecule is Cc1cccc(-c2nc(-c3cccc(C)c3)nc(-n3c4ccc(-n5c6ccc(C(C)(C)C)cc6c6cc(C(C)(C)C)ccc65)cc4c4cc(-n5c6ccc(C(C)(C)C)cc6c6cc(C(C)(C)C)ccc65)ccc43)n2)c1. The Morgan fingerprint density at radius 2 is 0.587 bits per heavy atom. The van der Waals surface area contributed by atoms with Crippen molar-refractivity contribution in [2.75, 3.05) is 0 Å². The molecule has 0 aliphatic heterocycles. The Morgan fingerprint density at radius 1 is 0.293 bits per heavy atom. The zero-order valence-corrected chi connectivity index (χ0v) is 46.2. The van der Waals surface area contributed by atoms with Crippen LogP contribution in [-0.2, 0) is 21.7 Å². The maximum absolute atomic E-state index is 5.39. The Balaban J connectivity index is 1.17. The van der Waals surface area contributed by atoms with Crippen LogP contribution in [0.4, 0.5) is 0 Å². The number of hydrogen-bond acceptors (Lipinski definition) is 3. The van der Waals surface area contributed by atoms with Gasteiger partial charge in [-0.05, 0) is 155 Å². The average Bonchev–Trinajstić information content (AvgIpc) is 4.02. The number of nitrogens with zero attached hydrogens (tertiary/aromatic N) is 6. The molecule has 0 aliphatic carbocycles. The van der Waals surface area contributed by atoms with E-state index in [0.717, 1.165) is 55.4 Å². The molecule has 0 unspecified atom stereocenters. The number of fused-ring (bicyclic) bond motifs is 9. The van der Waals surface area contributed by atoms with E-state index in [4.69, 9.17) is 15.0 Å². The molecule has 0 radical (unpaired) electrons. The van der Waals surface area contributed by atoms with Crippen LogP contribution in [0.3, 0.4) is 0 Å². The molecule has 0 aliphatic rings. The molecule has 0 atom stereocenters. The number of aryl methyl sites for hydroxylation is 2. The van der Waals surface area contributed by atoms with E-state index < -0.39 is 0 Å². The summed E-state index contributed by atoms with van der Waals surface area (Å²) in [5, 5.41) is 7.28. The van der Waals surface area contributed by atoms with Crippen molar-refractivity contribution in [3.8, 4) is 40.1 Å². The van der Waals surface area contributed by atoms with E-state index in [1.54, 1.807) is 0 Å². The summed E-state index contributed by atoms with van der Waals surface area (Å²) < 4.78 is 7.20. The minimum Gasteiger partial charge on any atom is -0.309 e. The lowest BCUT2D eigenvalue weighted by molar-refractivity contribution is 0.590. The van der Waals surface area contributed by atoms with Crippen LogP contribution in [0.25, 0.3) is 106 Å². The lowest BCUT2D eigenvalue weighted by Crippen LogP contribution is -2.10. The van der Waals surface area contributed by atoms with Gasteiger partial charge in [-0.1, -0.05) is 155 Å². The summed E-state index contributed by atoms with van der Waals surface area (Å²) in [7, 11) is 0. The third kappa shape index (κ3) is 8.21. The first-order valence-corrected chi connectivity index (χ1v) is 26.7. The van der Waals surface area contributed by atoms with Crippen molar-refractivity contribution in [2.45, 2.75) is 119 Å². The van der Waals surface area contributed by atoms with Crippen molar-refractivity contribution in [1.29, 1.82) is 0 Å². The van der Waals surface area contributed by atoms with Gasteiger partial charge in [0, 0.05) is 54.8 Å². The number of hydrogen-bond donors (Lipinski definition) is 0. The van der Waals surface area contributed by atoms with Gasteiger partial charge in [0.15, 0.2) is 11.6 Å². The molecule has 0 spiro atoms. The zero-order valence-electron chi connectivity index (χ0n) is 46.2. The molecule has 6 nitrogen and oxygen atoms in total. The van der Waals surface area contributed by atoms with E-state index in [1.165, 1.54) is 65.9 Å². The van der Waals surface area contributed by atoms with E-state index in [0.29, 0.717) is 17.6 Å². The standard InChI is InChI=1S/C69H68N6/c1-41-17-15-19-43(33-41)63-70-64(44-20-16-18-42(2)34-44)72-65(71-63)75-61-31-25-49(73-57-27-21-45(66(3,4)5)35-51(57)52-36-46(67(6,7)8)22-28-58(52)73)39-55(61)56-40-50(26-32-62(56)75)74-59-29-23-47(68(9,10)11)37-53(59)54-38-48(69(12,13)14)24-30-60(54)74/h15-40H,1-14H3. The summed E-state index contributed by atoms with van der Waals surface area (Å²) in [5.41, 5.74) is 18.4. The molecule has 6 heteroatoms. The molecule has 0 amide bonds. The molecule has 0 saturated carbocycles. The summed E-state index contributed by atoms with van der Waals surface area (Å²) in [6, 6.07) is 59.1. The maximum Gasteiger partial charge on any atom is 0.238 e. The van der Waals surface area contributed by atoms with Crippen molar-refractivity contribution >= 4 is 65.4 Å². The van der Waals surface area contributed by atoms with Crippen LogP contribution in [0.15, 0.2) is 158 Å². The average molecular weight is 981 g/mol. The molecule has 4 aromatic heterocycles. The van der Waals surface area contributed by atoms with Gasteiger partial charge in [0.2, 0.25) is 5.95 Å². The Labute approximate surface area is 441 Å². The zero-order chi connectivity index (χ0) is 52.7. The third-order valence-electron chi connectivity index (χ3n) is 15.6. The first-order valence-electron chi connectivity index (χ1n) is 26.7. The summed E-state index contributed by atoms with van der Waals surface area (Å²) >= 11 is 0. The minimum atomic E-state index is -0.00370. The van der Waals surface area contributed by atoms with E-state index >= 15 is 0 Å². The highest BCUT2D eigenvalue weighted by atomic mass is 15.2. The summed E-state index contributed by atoms with van der Waals surface area (Å²) in [6.07, 6.45) is 0. The smallest absolute Gasteiger partial charge is 0.238 e. The first kappa shape index (κ1) is 48.1. The van der Waals surface area contributed by atoms with Crippen LogP contribution in [0, 0.1) is 13.8 Å². The van der Waals surface area contributed by atoms with Crippen LogP contribution in [0.1, 0.15) is 116 Å². The van der Waals surface area contributed by atoms with Crippen molar-refractivity contribution in [2.24, 2.45) is 0 Å². The van der Waals surface area contributed by atoms with Gasteiger partial charge < -0.3 is 9.13 Å². The molecule has 0 N–H and O–H groups in total. The second-order valence-corrected chi connectivity index (χ2v) is 25.4. The van der Waals surface area contributed by atoms with Gasteiger partial charge >= 0.3 is 0 Å². The van der Waals surface area contributed by atoms with Crippen molar-refractivity contribution < 1.29 is 0 Å². The third-order valence-corrected chi connectivity index (χ3v) is 15.6. The van der Waals surface area contributed by atoms with Crippen molar-refractivity contribution in [3.05, 3.63) is 191 Å². The number of benzene rings is 8. The normalized spacial score (nSPS) is 12.9. The van der Waals surface area contributed by atoms with Gasteiger partial charge in [0.25, 0.3) is 0 Å². The van der Waals surface area contributed by atoms with Crippen molar-refractivity contribution in [3.63, 3.8) is 0 Å². The number of aromatic nitrogens is 6. The maximum atomic E-state index is 5.39. The quantitative estimate of drug-likeness (QED) is 0.173. The molecular formula is C69H68N6. The fourth-order valence-electron chi connectivity index (χ4n) is 11.3. The fraction of sp³-hybridized carbons (Fsp3) is 0.261. The molecule has 0 bridgehead atoms. The predicted molar refractivity (Wildman–Crippen MR) is 318 cm³/mol. The highest BCUT2D eigenvalue weighted by Gasteiger charge is 2.26. The fourth-order valence-corrected chi connectivity index (χ4v) is 11.3. The highest BCUT2D eigenvalue weighted by molar-refractivity contribution is 6.14. The van der Waals surface area contributed by atoms with Gasteiger partial charge in [-0.15, -0.1) is 0 Å². The molecule has 0 saturated heterocycles. The van der Waals surface area contributed by atoms with Crippen LogP contribution < -0.4 is 0 Å². The molecule has 8 aromatic carbocycles. The molecule has 12 rings (SSSR count). The Morgan fingerprint density at radius 3 is 0.893 bits per heavy atom. The highest BCUT2D eigenvalue weighted by Crippen LogP contribution is 2.43. The largest absolute Gasteiger partial charge is 0.309 e. The topological polar surface area (TPSA) is 53.5 Å². The van der Waals surface area contributed by atoms with E-state index in [2.05, 4.69) is 268 Å². The van der Waals surface area contributed by atoms with Gasteiger partial charge in [0.05, 0.1) is 33.1 Å². The summed E-state index contributed by atoms with van der Waals surface area (Å²) in [6.45, 7) is 31.9. The molecule has 0 fully saturated rings. The summed E-state index contributed by atoms with van der Waals surface area (Å²) in [4.78, 5) is 16.0. The van der Waals surface area contributed by atoms with Gasteiger partial charge in [0.1, 0.15) is 0 Å². The Bertz CT molecular complexity index is 3880. The number of rotatable bonds is 5. The first-order chi connectivity index (χ1) is 35.5. The lowest BCUT2D eigenvalue weighted by Gasteiger charge is -2.19. The second-order valence-electron chi connectivity index (χ2n) is 25.4. The molecular weight excluding hydrogens is 913 g/mol. The van der Waals surface area contributed by atoms with Gasteiger partial charge in [-0.25, -0.2) is 4.98 Å². The lowest BCUT2D eigenvalue weighted by atomic mass is 9.85. The molecule has 4 heterocycles. The van der Waals surface area contributed by atoms with E-state index in [9.17, 15) is 0 Å². The Hall–Kier alpha value is -7.83. The van der Waals surface area contributed by atoms with Crippen LogP contribution in [0.5, 0.6) is 0 Å². The monoisotopic (exact) mass is 981 g/mol. The molecule has 75 heavy (non-hydrogen) atoms. The molecule has 374 valence electrons. The second kappa shape index (κ2) is 16.8. The van der Waals surface area contributed by atoms with Crippen LogP contribution >= 0.6 is 0 Å².